The molecule has 17 heavy (non-hydrogen) atoms. The van der Waals surface area contributed by atoms with Crippen LogP contribution in [0.25, 0.3) is 0 Å². The van der Waals surface area contributed by atoms with Crippen molar-refractivity contribution in [2.45, 2.75) is 32.7 Å². The molecule has 1 unspecified atom stereocenters. The molecule has 1 aromatic rings. The first-order valence-corrected chi connectivity index (χ1v) is 6.79. The molecule has 1 N–H and O–H groups in total. The lowest BCUT2D eigenvalue weighted by molar-refractivity contribution is 0.0938. The van der Waals surface area contributed by atoms with Crippen LogP contribution in [0.3, 0.4) is 0 Å². The third-order valence-electron chi connectivity index (χ3n) is 2.57. The number of hydrogen-bond donors (Lipinski definition) is 1. The van der Waals surface area contributed by atoms with E-state index in [0.717, 1.165) is 18.2 Å². The van der Waals surface area contributed by atoms with E-state index in [2.05, 4.69) is 21.2 Å². The smallest absolute Gasteiger partial charge is 0.251 e. The van der Waals surface area contributed by atoms with E-state index in [4.69, 9.17) is 0 Å². The van der Waals surface area contributed by atoms with Gasteiger partial charge in [-0.1, -0.05) is 15.9 Å². The number of amides is 1. The Morgan fingerprint density at radius 2 is 2.24 bits per heavy atom. The zero-order valence-electron chi connectivity index (χ0n) is 10.1. The first-order valence-electron chi connectivity index (χ1n) is 5.67. The van der Waals surface area contributed by atoms with E-state index in [1.54, 1.807) is 13.0 Å². The highest BCUT2D eigenvalue weighted by Gasteiger charge is 2.10. The fourth-order valence-corrected chi connectivity index (χ4v) is 1.87. The summed E-state index contributed by atoms with van der Waals surface area (Å²) in [6.45, 7) is 3.62. The zero-order valence-corrected chi connectivity index (χ0v) is 11.7. The molecule has 2 nitrogen and oxygen atoms in total. The molecule has 0 aromatic heterocycles. The van der Waals surface area contributed by atoms with Gasteiger partial charge in [0, 0.05) is 16.9 Å². The molecule has 1 amide bonds. The molecule has 94 valence electrons. The van der Waals surface area contributed by atoms with Gasteiger partial charge in [0.15, 0.2) is 0 Å². The summed E-state index contributed by atoms with van der Waals surface area (Å²) < 4.78 is 13.1. The Balaban J connectivity index is 2.60. The van der Waals surface area contributed by atoms with Crippen LogP contribution in [0.1, 0.15) is 35.7 Å². The molecular weight excluding hydrogens is 285 g/mol. The summed E-state index contributed by atoms with van der Waals surface area (Å²) in [6, 6.07) is 4.54. The number of carbonyl (C=O) groups is 1. The predicted molar refractivity (Wildman–Crippen MR) is 71.1 cm³/mol. The summed E-state index contributed by atoms with van der Waals surface area (Å²) in [4.78, 5) is 11.8. The molecule has 0 aliphatic rings. The van der Waals surface area contributed by atoms with Gasteiger partial charge in [-0.3, -0.25) is 4.79 Å². The average Bonchev–Trinajstić information content (AvgIpc) is 2.30. The van der Waals surface area contributed by atoms with E-state index in [1.165, 1.54) is 12.1 Å². The lowest BCUT2D eigenvalue weighted by atomic mass is 10.1. The lowest BCUT2D eigenvalue weighted by Gasteiger charge is -2.13. The summed E-state index contributed by atoms with van der Waals surface area (Å²) >= 11 is 3.35. The van der Waals surface area contributed by atoms with Gasteiger partial charge in [-0.25, -0.2) is 4.39 Å². The topological polar surface area (TPSA) is 29.1 Å². The van der Waals surface area contributed by atoms with Gasteiger partial charge in [0.25, 0.3) is 5.91 Å². The van der Waals surface area contributed by atoms with Crippen LogP contribution in [0.5, 0.6) is 0 Å². The van der Waals surface area contributed by atoms with Crippen LogP contribution in [0.15, 0.2) is 18.2 Å². The summed E-state index contributed by atoms with van der Waals surface area (Å²) in [6.07, 6.45) is 1.95. The largest absolute Gasteiger partial charge is 0.350 e. The normalized spacial score (nSPS) is 12.2. The number of alkyl halides is 1. The van der Waals surface area contributed by atoms with Crippen LogP contribution in [0, 0.1) is 12.7 Å². The standard InChI is InChI=1S/C13H17BrFNO/c1-9-8-11(5-6-12(9)15)13(17)16-10(2)4-3-7-14/h5-6,8,10H,3-4,7H2,1-2H3,(H,16,17). The number of rotatable bonds is 5. The van der Waals surface area contributed by atoms with Gasteiger partial charge in [0.05, 0.1) is 0 Å². The average molecular weight is 302 g/mol. The minimum Gasteiger partial charge on any atom is -0.350 e. The van der Waals surface area contributed by atoms with Crippen LogP contribution in [0.4, 0.5) is 4.39 Å². The number of nitrogens with one attached hydrogen (secondary N) is 1. The molecule has 0 bridgehead atoms. The summed E-state index contributed by atoms with van der Waals surface area (Å²) in [7, 11) is 0. The van der Waals surface area contributed by atoms with Crippen molar-refractivity contribution < 1.29 is 9.18 Å². The highest BCUT2D eigenvalue weighted by molar-refractivity contribution is 9.09. The molecule has 1 aromatic carbocycles. The fourth-order valence-electron chi connectivity index (χ4n) is 1.55. The Morgan fingerprint density at radius 3 is 2.82 bits per heavy atom. The van der Waals surface area contributed by atoms with Gasteiger partial charge in [-0.15, -0.1) is 0 Å². The molecule has 0 saturated heterocycles. The predicted octanol–water partition coefficient (Wildman–Crippen LogP) is 3.43. The quantitative estimate of drug-likeness (QED) is 0.830. The Kier molecular flexibility index (Phi) is 5.62. The van der Waals surface area contributed by atoms with Crippen molar-refractivity contribution in [1.29, 1.82) is 0 Å². The van der Waals surface area contributed by atoms with Crippen LogP contribution >= 0.6 is 15.9 Å². The van der Waals surface area contributed by atoms with E-state index in [0.29, 0.717) is 11.1 Å². The minimum atomic E-state index is -0.283. The number of carbonyl (C=O) groups excluding carboxylic acids is 1. The van der Waals surface area contributed by atoms with E-state index in [1.807, 2.05) is 6.92 Å². The third-order valence-corrected chi connectivity index (χ3v) is 3.13. The zero-order chi connectivity index (χ0) is 12.8. The third kappa shape index (κ3) is 4.46. The molecule has 0 spiro atoms. The molecule has 0 aliphatic carbocycles. The maximum atomic E-state index is 13.1. The van der Waals surface area contributed by atoms with E-state index < -0.39 is 0 Å². The number of halogens is 2. The molecule has 1 atom stereocenters. The SMILES string of the molecule is Cc1cc(C(=O)NC(C)CCCBr)ccc1F. The molecule has 0 saturated carbocycles. The fraction of sp³-hybridized carbons (Fsp3) is 0.462. The number of hydrogen-bond acceptors (Lipinski definition) is 1. The van der Waals surface area contributed by atoms with Crippen molar-refractivity contribution in [2.75, 3.05) is 5.33 Å². The summed E-state index contributed by atoms with van der Waals surface area (Å²) in [5, 5.41) is 3.83. The highest BCUT2D eigenvalue weighted by atomic mass is 79.9. The number of benzene rings is 1. The Labute approximate surface area is 110 Å². The minimum absolute atomic E-state index is 0.130. The van der Waals surface area contributed by atoms with E-state index >= 15 is 0 Å². The van der Waals surface area contributed by atoms with E-state index in [-0.39, 0.29) is 17.8 Å². The molecule has 0 aliphatic heterocycles. The van der Waals surface area contributed by atoms with Crippen molar-refractivity contribution in [2.24, 2.45) is 0 Å². The molecular formula is C13H17BrFNO. The van der Waals surface area contributed by atoms with Crippen molar-refractivity contribution in [3.63, 3.8) is 0 Å². The number of aryl methyl sites for hydroxylation is 1. The second-order valence-electron chi connectivity index (χ2n) is 4.17. The van der Waals surface area contributed by atoms with Gasteiger partial charge < -0.3 is 5.32 Å². The molecule has 1 rings (SSSR count). The van der Waals surface area contributed by atoms with Crippen molar-refractivity contribution in [1.82, 2.24) is 5.32 Å². The van der Waals surface area contributed by atoms with Gasteiger partial charge in [-0.05, 0) is 50.5 Å². The van der Waals surface area contributed by atoms with Crippen molar-refractivity contribution in [3.8, 4) is 0 Å². The Hall–Kier alpha value is -0.900. The summed E-state index contributed by atoms with van der Waals surface area (Å²) in [5.41, 5.74) is 1.00. The van der Waals surface area contributed by atoms with Crippen LogP contribution in [-0.2, 0) is 0 Å². The van der Waals surface area contributed by atoms with Crippen LogP contribution < -0.4 is 5.32 Å². The van der Waals surface area contributed by atoms with Crippen molar-refractivity contribution >= 4 is 21.8 Å². The second kappa shape index (κ2) is 6.74. The Morgan fingerprint density at radius 1 is 1.53 bits per heavy atom. The molecule has 4 heteroatoms. The summed E-state index contributed by atoms with van der Waals surface area (Å²) in [5.74, 6) is -0.427. The maximum Gasteiger partial charge on any atom is 0.251 e. The van der Waals surface area contributed by atoms with Gasteiger partial charge >= 0.3 is 0 Å². The first-order chi connectivity index (χ1) is 8.04. The van der Waals surface area contributed by atoms with Gasteiger partial charge in [0.2, 0.25) is 0 Å². The maximum absolute atomic E-state index is 13.1. The monoisotopic (exact) mass is 301 g/mol. The lowest BCUT2D eigenvalue weighted by Crippen LogP contribution is -2.32. The van der Waals surface area contributed by atoms with Crippen molar-refractivity contribution in [3.05, 3.63) is 35.1 Å². The van der Waals surface area contributed by atoms with Crippen LogP contribution in [-0.4, -0.2) is 17.3 Å². The van der Waals surface area contributed by atoms with E-state index in [9.17, 15) is 9.18 Å². The second-order valence-corrected chi connectivity index (χ2v) is 4.96. The molecule has 0 heterocycles. The highest BCUT2D eigenvalue weighted by Crippen LogP contribution is 2.10. The van der Waals surface area contributed by atoms with Gasteiger partial charge in [-0.2, -0.15) is 0 Å². The first kappa shape index (κ1) is 14.2. The van der Waals surface area contributed by atoms with Crippen LogP contribution in [0.2, 0.25) is 0 Å². The Bertz CT molecular complexity index is 395. The molecule has 0 fully saturated rings. The van der Waals surface area contributed by atoms with Gasteiger partial charge in [0.1, 0.15) is 5.82 Å². The molecule has 0 radical (unpaired) electrons.